The number of fused-ring (bicyclic) bond motifs is 1. The van der Waals surface area contributed by atoms with Crippen LogP contribution in [0.4, 0.5) is 0 Å². The summed E-state index contributed by atoms with van der Waals surface area (Å²) in [6.07, 6.45) is 1.81. The van der Waals surface area contributed by atoms with Gasteiger partial charge in [0.25, 0.3) is 5.56 Å². The van der Waals surface area contributed by atoms with Gasteiger partial charge in [0.2, 0.25) is 4.96 Å². The minimum Gasteiger partial charge on any atom is -0.302 e. The van der Waals surface area contributed by atoms with Crippen molar-refractivity contribution < 1.29 is 0 Å². The molecule has 0 saturated carbocycles. The monoisotopic (exact) mass is 334 g/mol. The smallest absolute Gasteiger partial charge is 0.275 e. The van der Waals surface area contributed by atoms with Gasteiger partial charge >= 0.3 is 0 Å². The molecule has 3 heterocycles. The summed E-state index contributed by atoms with van der Waals surface area (Å²) in [5.74, 6) is 1.46. The van der Waals surface area contributed by atoms with Crippen LogP contribution in [0.15, 0.2) is 28.7 Å². The van der Waals surface area contributed by atoms with E-state index in [0.717, 1.165) is 16.0 Å². The number of hydrogen-bond donors (Lipinski definition) is 0. The summed E-state index contributed by atoms with van der Waals surface area (Å²) in [4.78, 5) is 16.8. The standard InChI is InChI=1S/C13H14N6OS2/c1-4-5-18-9(3)15-16-13(18)21-7-10-17-19-11(20)6-8(2)14-12(19)22-10/h4,6H,1,5,7H2,2-3H3. The molecular formula is C13H14N6OS2. The minimum atomic E-state index is -0.152. The van der Waals surface area contributed by atoms with E-state index in [1.165, 1.54) is 33.7 Å². The number of nitrogens with zero attached hydrogens (tertiary/aromatic N) is 6. The number of allylic oxidation sites excluding steroid dienone is 1. The van der Waals surface area contributed by atoms with Crippen molar-refractivity contribution in [1.29, 1.82) is 0 Å². The van der Waals surface area contributed by atoms with Crippen molar-refractivity contribution in [2.45, 2.75) is 31.3 Å². The third kappa shape index (κ3) is 2.81. The zero-order valence-corrected chi connectivity index (χ0v) is 13.8. The predicted molar refractivity (Wildman–Crippen MR) is 86.4 cm³/mol. The van der Waals surface area contributed by atoms with Crippen molar-refractivity contribution in [3.8, 4) is 0 Å². The van der Waals surface area contributed by atoms with Gasteiger partial charge < -0.3 is 4.57 Å². The minimum absolute atomic E-state index is 0.152. The maximum Gasteiger partial charge on any atom is 0.275 e. The molecule has 9 heteroatoms. The lowest BCUT2D eigenvalue weighted by molar-refractivity contribution is 0.703. The summed E-state index contributed by atoms with van der Waals surface area (Å²) in [5, 5.41) is 14.2. The van der Waals surface area contributed by atoms with Crippen molar-refractivity contribution in [1.82, 2.24) is 29.4 Å². The Labute approximate surface area is 134 Å². The highest BCUT2D eigenvalue weighted by Gasteiger charge is 2.12. The maximum atomic E-state index is 11.9. The van der Waals surface area contributed by atoms with Gasteiger partial charge in [-0.15, -0.1) is 16.8 Å². The average molecular weight is 334 g/mol. The molecule has 0 radical (unpaired) electrons. The zero-order valence-electron chi connectivity index (χ0n) is 12.2. The second-order valence-electron chi connectivity index (χ2n) is 4.64. The summed E-state index contributed by atoms with van der Waals surface area (Å²) in [5.41, 5.74) is 0.551. The SMILES string of the molecule is C=CCn1c(C)nnc1SCc1nn2c(=O)cc(C)nc2s1. The second kappa shape index (κ2) is 6.01. The fourth-order valence-corrected chi connectivity index (χ4v) is 3.88. The summed E-state index contributed by atoms with van der Waals surface area (Å²) in [6.45, 7) is 8.12. The lowest BCUT2D eigenvalue weighted by Gasteiger charge is -2.03. The highest BCUT2D eigenvalue weighted by Crippen LogP contribution is 2.24. The van der Waals surface area contributed by atoms with E-state index in [-0.39, 0.29) is 5.56 Å². The van der Waals surface area contributed by atoms with E-state index in [1.807, 2.05) is 17.6 Å². The van der Waals surface area contributed by atoms with Crippen molar-refractivity contribution in [2.75, 3.05) is 0 Å². The third-order valence-electron chi connectivity index (χ3n) is 2.95. The van der Waals surface area contributed by atoms with E-state index >= 15 is 0 Å². The van der Waals surface area contributed by atoms with Gasteiger partial charge in [-0.1, -0.05) is 29.2 Å². The number of hydrogen-bond acceptors (Lipinski definition) is 7. The van der Waals surface area contributed by atoms with Gasteiger partial charge in [0.15, 0.2) is 5.16 Å². The molecule has 22 heavy (non-hydrogen) atoms. The Bertz CT molecular complexity index is 894. The molecule has 0 fully saturated rings. The molecule has 3 aromatic rings. The highest BCUT2D eigenvalue weighted by molar-refractivity contribution is 7.98. The lowest BCUT2D eigenvalue weighted by atomic mass is 10.5. The van der Waals surface area contributed by atoms with E-state index in [2.05, 4.69) is 26.9 Å². The van der Waals surface area contributed by atoms with E-state index in [1.54, 1.807) is 6.92 Å². The van der Waals surface area contributed by atoms with Crippen LogP contribution >= 0.6 is 23.1 Å². The van der Waals surface area contributed by atoms with Gasteiger partial charge in [0.1, 0.15) is 10.8 Å². The van der Waals surface area contributed by atoms with Crippen LogP contribution in [-0.4, -0.2) is 29.4 Å². The second-order valence-corrected chi connectivity index (χ2v) is 6.63. The summed E-state index contributed by atoms with van der Waals surface area (Å²) in [6, 6.07) is 1.48. The first-order valence-corrected chi connectivity index (χ1v) is 8.38. The Hall–Kier alpha value is -2.00. The number of aryl methyl sites for hydroxylation is 2. The largest absolute Gasteiger partial charge is 0.302 e. The molecule has 114 valence electrons. The Morgan fingerprint density at radius 1 is 1.41 bits per heavy atom. The van der Waals surface area contributed by atoms with Crippen LogP contribution in [0, 0.1) is 13.8 Å². The van der Waals surface area contributed by atoms with Gasteiger partial charge in [-0.3, -0.25) is 4.79 Å². The van der Waals surface area contributed by atoms with Gasteiger partial charge in [0, 0.05) is 18.3 Å². The predicted octanol–water partition coefficient (Wildman–Crippen LogP) is 1.84. The fraction of sp³-hybridized carbons (Fsp3) is 0.308. The quantitative estimate of drug-likeness (QED) is 0.523. The molecule has 0 unspecified atom stereocenters. The molecule has 0 N–H and O–H groups in total. The molecule has 0 aromatic carbocycles. The van der Waals surface area contributed by atoms with Crippen LogP contribution in [0.2, 0.25) is 0 Å². The van der Waals surface area contributed by atoms with Crippen LogP contribution < -0.4 is 5.56 Å². The molecule has 7 nitrogen and oxygen atoms in total. The molecule has 0 bridgehead atoms. The van der Waals surface area contributed by atoms with Gasteiger partial charge in [-0.25, -0.2) is 4.98 Å². The van der Waals surface area contributed by atoms with E-state index in [4.69, 9.17) is 0 Å². The first-order chi connectivity index (χ1) is 10.6. The molecule has 0 aliphatic rings. The molecule has 3 aromatic heterocycles. The fourth-order valence-electron chi connectivity index (χ4n) is 1.95. The van der Waals surface area contributed by atoms with Gasteiger partial charge in [-0.2, -0.15) is 9.61 Å². The first-order valence-electron chi connectivity index (χ1n) is 6.58. The topological polar surface area (TPSA) is 78.0 Å². The normalized spacial score (nSPS) is 11.2. The Morgan fingerprint density at radius 2 is 2.23 bits per heavy atom. The van der Waals surface area contributed by atoms with E-state index < -0.39 is 0 Å². The van der Waals surface area contributed by atoms with Crippen molar-refractivity contribution >= 4 is 28.1 Å². The molecule has 0 aliphatic carbocycles. The van der Waals surface area contributed by atoms with Crippen LogP contribution in [0.1, 0.15) is 16.5 Å². The van der Waals surface area contributed by atoms with Crippen molar-refractivity contribution in [3.05, 3.63) is 45.6 Å². The van der Waals surface area contributed by atoms with Crippen LogP contribution in [0.3, 0.4) is 0 Å². The Kier molecular flexibility index (Phi) is 4.08. The molecule has 0 saturated heterocycles. The molecular weight excluding hydrogens is 320 g/mol. The zero-order chi connectivity index (χ0) is 15.7. The van der Waals surface area contributed by atoms with Gasteiger partial charge in [-0.05, 0) is 13.8 Å². The summed E-state index contributed by atoms with van der Waals surface area (Å²) >= 11 is 2.95. The van der Waals surface area contributed by atoms with Gasteiger partial charge in [0.05, 0.1) is 5.75 Å². The lowest BCUT2D eigenvalue weighted by Crippen LogP contribution is -2.14. The molecule has 0 amide bonds. The number of rotatable bonds is 5. The summed E-state index contributed by atoms with van der Waals surface area (Å²) < 4.78 is 3.33. The van der Waals surface area contributed by atoms with E-state index in [0.29, 0.717) is 23.0 Å². The highest BCUT2D eigenvalue weighted by atomic mass is 32.2. The Morgan fingerprint density at radius 3 is 3.00 bits per heavy atom. The van der Waals surface area contributed by atoms with Crippen LogP contribution in [0.25, 0.3) is 4.96 Å². The first kappa shape index (κ1) is 14.9. The van der Waals surface area contributed by atoms with Crippen molar-refractivity contribution in [3.63, 3.8) is 0 Å². The average Bonchev–Trinajstić information content (AvgIpc) is 3.02. The van der Waals surface area contributed by atoms with E-state index in [9.17, 15) is 4.79 Å². The molecule has 0 atom stereocenters. The number of aromatic nitrogens is 6. The van der Waals surface area contributed by atoms with Crippen LogP contribution in [-0.2, 0) is 12.3 Å². The van der Waals surface area contributed by atoms with Crippen LogP contribution in [0.5, 0.6) is 0 Å². The third-order valence-corrected chi connectivity index (χ3v) is 5.02. The maximum absolute atomic E-state index is 11.9. The van der Waals surface area contributed by atoms with Crippen molar-refractivity contribution in [2.24, 2.45) is 0 Å². The number of thioether (sulfide) groups is 1. The molecule has 3 rings (SSSR count). The molecule has 0 spiro atoms. The molecule has 0 aliphatic heterocycles. The Balaban J connectivity index is 1.84. The summed E-state index contributed by atoms with van der Waals surface area (Å²) in [7, 11) is 0.